The number of anilines is 2. The summed E-state index contributed by atoms with van der Waals surface area (Å²) in [5.74, 6) is 0. The molecule has 1 heterocycles. The van der Waals surface area contributed by atoms with Gasteiger partial charge < -0.3 is 4.90 Å². The molecule has 0 saturated heterocycles. The van der Waals surface area contributed by atoms with Crippen LogP contribution in [0.4, 0.5) is 11.4 Å². The highest BCUT2D eigenvalue weighted by molar-refractivity contribution is 7.02. The molecule has 2 aliphatic rings. The Hall–Kier alpha value is -6.22. The maximum absolute atomic E-state index is 2.50. The fourth-order valence-corrected chi connectivity index (χ4v) is 13.4. The van der Waals surface area contributed by atoms with Crippen LogP contribution in [0.5, 0.6) is 0 Å². The molecule has 0 amide bonds. The SMILES string of the molecule is CN1c2ccccc2[Si](C)(C)c2ccc(-c3c4ccccc4c(-c4ccc5c(c4)-c4ccccc4C5(C)C)c4cc(-c5ccc6ccccc6c5)ccc34)cc21. The van der Waals surface area contributed by atoms with Crippen LogP contribution in [0.25, 0.3) is 76.8 Å². The maximum atomic E-state index is 2.50. The molecule has 2 heteroatoms. The Balaban J connectivity index is 1.20. The first-order chi connectivity index (χ1) is 27.2. The van der Waals surface area contributed by atoms with E-state index in [4.69, 9.17) is 0 Å². The predicted octanol–water partition coefficient (Wildman–Crippen LogP) is 13.4. The minimum absolute atomic E-state index is 0.0424. The van der Waals surface area contributed by atoms with Gasteiger partial charge in [-0.25, -0.2) is 0 Å². The summed E-state index contributed by atoms with van der Waals surface area (Å²) in [6.45, 7) is 9.73. The second-order valence-electron chi connectivity index (χ2n) is 17.0. The summed E-state index contributed by atoms with van der Waals surface area (Å²) in [4.78, 5) is 2.42. The van der Waals surface area contributed by atoms with Crippen molar-refractivity contribution in [3.8, 4) is 44.5 Å². The molecular weight excluding hydrogens is 691 g/mol. The number of benzene rings is 9. The molecule has 0 aromatic heterocycles. The van der Waals surface area contributed by atoms with Crippen molar-refractivity contribution in [1.29, 1.82) is 0 Å². The lowest BCUT2D eigenvalue weighted by atomic mass is 9.81. The van der Waals surface area contributed by atoms with E-state index in [-0.39, 0.29) is 5.41 Å². The van der Waals surface area contributed by atoms with Crippen molar-refractivity contribution >= 4 is 62.1 Å². The molecule has 1 aliphatic carbocycles. The van der Waals surface area contributed by atoms with Gasteiger partial charge >= 0.3 is 0 Å². The molecule has 0 unspecified atom stereocenters. The van der Waals surface area contributed by atoms with Gasteiger partial charge in [0.25, 0.3) is 0 Å². The van der Waals surface area contributed by atoms with Crippen molar-refractivity contribution < 1.29 is 0 Å². The standard InChI is InChI=1S/C54H43NSi/c1-54(2)46-19-11-10-16-40(46)44-32-38(25-28-47(44)54)53-42-18-9-8-17-41(42)52(39-26-29-51-49(33-39)55(3)48-20-12-13-21-50(48)56(51,4)5)43-27-24-37(31-45(43)53)36-23-22-34-14-6-7-15-35(34)30-36/h6-33H,1-5H3. The molecule has 0 saturated carbocycles. The molecule has 1 nitrogen and oxygen atoms in total. The van der Waals surface area contributed by atoms with Crippen LogP contribution in [0.1, 0.15) is 25.0 Å². The van der Waals surface area contributed by atoms with Crippen LogP contribution >= 0.6 is 0 Å². The van der Waals surface area contributed by atoms with E-state index in [0.29, 0.717) is 0 Å². The van der Waals surface area contributed by atoms with Crippen molar-refractivity contribution in [2.75, 3.05) is 11.9 Å². The first-order valence-electron chi connectivity index (χ1n) is 19.9. The highest BCUT2D eigenvalue weighted by atomic mass is 28.3. The molecule has 56 heavy (non-hydrogen) atoms. The van der Waals surface area contributed by atoms with Crippen LogP contribution in [-0.2, 0) is 5.41 Å². The summed E-state index contributed by atoms with van der Waals surface area (Å²) >= 11 is 0. The van der Waals surface area contributed by atoms with Gasteiger partial charge in [0.1, 0.15) is 8.07 Å². The molecular formula is C54H43NSi. The Kier molecular flexibility index (Phi) is 7.04. The summed E-state index contributed by atoms with van der Waals surface area (Å²) in [7, 11) is 0.335. The number of hydrogen-bond acceptors (Lipinski definition) is 1. The summed E-state index contributed by atoms with van der Waals surface area (Å²) < 4.78 is 0. The van der Waals surface area contributed by atoms with Gasteiger partial charge in [-0.15, -0.1) is 0 Å². The lowest BCUT2D eigenvalue weighted by Crippen LogP contribution is -2.58. The fourth-order valence-electron chi connectivity index (χ4n) is 10.3. The first-order valence-corrected chi connectivity index (χ1v) is 22.9. The van der Waals surface area contributed by atoms with Gasteiger partial charge in [0.15, 0.2) is 0 Å². The summed E-state index contributed by atoms with van der Waals surface area (Å²) in [6, 6.07) is 64.5. The van der Waals surface area contributed by atoms with Crippen molar-refractivity contribution in [1.82, 2.24) is 0 Å². The zero-order valence-electron chi connectivity index (χ0n) is 32.6. The zero-order valence-corrected chi connectivity index (χ0v) is 33.6. The molecule has 1 aliphatic heterocycles. The molecule has 0 atom stereocenters. The molecule has 268 valence electrons. The summed E-state index contributed by atoms with van der Waals surface area (Å²) in [5.41, 5.74) is 15.7. The number of fused-ring (bicyclic) bond motifs is 8. The average molecular weight is 734 g/mol. The Bertz CT molecular complexity index is 3110. The molecule has 11 rings (SSSR count). The fraction of sp³-hybridized carbons (Fsp3) is 0.111. The van der Waals surface area contributed by atoms with E-state index in [0.717, 1.165) is 0 Å². The largest absolute Gasteiger partial charge is 0.345 e. The van der Waals surface area contributed by atoms with Crippen LogP contribution < -0.4 is 15.3 Å². The van der Waals surface area contributed by atoms with Gasteiger partial charge in [-0.05, 0) is 129 Å². The topological polar surface area (TPSA) is 3.24 Å². The molecule has 0 N–H and O–H groups in total. The van der Waals surface area contributed by atoms with E-state index in [1.807, 2.05) is 0 Å². The third kappa shape index (κ3) is 4.66. The average Bonchev–Trinajstić information content (AvgIpc) is 3.46. The van der Waals surface area contributed by atoms with Crippen molar-refractivity contribution in [2.24, 2.45) is 0 Å². The normalized spacial score (nSPS) is 14.8. The van der Waals surface area contributed by atoms with Gasteiger partial charge in [0, 0.05) is 23.8 Å². The molecule has 0 fully saturated rings. The van der Waals surface area contributed by atoms with E-state index in [1.165, 1.54) is 110 Å². The highest BCUT2D eigenvalue weighted by Crippen LogP contribution is 2.52. The summed E-state index contributed by atoms with van der Waals surface area (Å²) in [6.07, 6.45) is 0. The van der Waals surface area contributed by atoms with Crippen LogP contribution in [0.3, 0.4) is 0 Å². The van der Waals surface area contributed by atoms with Crippen LogP contribution in [-0.4, -0.2) is 15.1 Å². The minimum atomic E-state index is -1.91. The van der Waals surface area contributed by atoms with Gasteiger partial charge in [0.05, 0.1) is 0 Å². The monoisotopic (exact) mass is 733 g/mol. The van der Waals surface area contributed by atoms with Gasteiger partial charge in [-0.2, -0.15) is 0 Å². The number of hydrogen-bond donors (Lipinski definition) is 0. The number of rotatable bonds is 3. The van der Waals surface area contributed by atoms with E-state index in [9.17, 15) is 0 Å². The summed E-state index contributed by atoms with van der Waals surface area (Å²) in [5, 5.41) is 10.6. The third-order valence-electron chi connectivity index (χ3n) is 13.2. The molecule has 9 aromatic carbocycles. The molecule has 0 radical (unpaired) electrons. The van der Waals surface area contributed by atoms with Crippen molar-refractivity contribution in [3.05, 3.63) is 181 Å². The van der Waals surface area contributed by atoms with Gasteiger partial charge in [-0.1, -0.05) is 166 Å². The Labute approximate surface area is 330 Å². The van der Waals surface area contributed by atoms with E-state index in [1.54, 1.807) is 0 Å². The highest BCUT2D eigenvalue weighted by Gasteiger charge is 2.38. The van der Waals surface area contributed by atoms with Gasteiger partial charge in [0.2, 0.25) is 0 Å². The third-order valence-corrected chi connectivity index (χ3v) is 16.8. The second-order valence-corrected chi connectivity index (χ2v) is 21.3. The number of para-hydroxylation sites is 1. The Morgan fingerprint density at radius 3 is 1.82 bits per heavy atom. The van der Waals surface area contributed by atoms with Crippen LogP contribution in [0.2, 0.25) is 13.1 Å². The smallest absolute Gasteiger partial charge is 0.117 e. The first kappa shape index (κ1) is 33.1. The minimum Gasteiger partial charge on any atom is -0.345 e. The van der Waals surface area contributed by atoms with Crippen molar-refractivity contribution in [2.45, 2.75) is 32.4 Å². The van der Waals surface area contributed by atoms with Crippen molar-refractivity contribution in [3.63, 3.8) is 0 Å². The Morgan fingerprint density at radius 2 is 0.982 bits per heavy atom. The quantitative estimate of drug-likeness (QED) is 0.129. The Morgan fingerprint density at radius 1 is 0.411 bits per heavy atom. The van der Waals surface area contributed by atoms with Gasteiger partial charge in [-0.3, -0.25) is 0 Å². The van der Waals surface area contributed by atoms with E-state index in [2.05, 4.69) is 209 Å². The van der Waals surface area contributed by atoms with E-state index >= 15 is 0 Å². The lowest BCUT2D eigenvalue weighted by Gasteiger charge is -2.39. The van der Waals surface area contributed by atoms with Crippen LogP contribution in [0, 0.1) is 0 Å². The molecule has 0 spiro atoms. The number of nitrogens with zero attached hydrogens (tertiary/aromatic N) is 1. The zero-order chi connectivity index (χ0) is 37.9. The molecule has 0 bridgehead atoms. The lowest BCUT2D eigenvalue weighted by molar-refractivity contribution is 0.660. The molecule has 9 aromatic rings. The van der Waals surface area contributed by atoms with E-state index < -0.39 is 8.07 Å². The second kappa shape index (κ2) is 11.9. The predicted molar refractivity (Wildman–Crippen MR) is 244 cm³/mol. The maximum Gasteiger partial charge on any atom is 0.117 e. The van der Waals surface area contributed by atoms with Crippen LogP contribution in [0.15, 0.2) is 170 Å².